The van der Waals surface area contributed by atoms with Crippen molar-refractivity contribution in [2.24, 2.45) is 0 Å². The molecule has 1 aliphatic carbocycles. The largest absolute Gasteiger partial charge is 0.507 e. The number of hydrogen-bond donors (Lipinski definition) is 3. The summed E-state index contributed by atoms with van der Waals surface area (Å²) in [6.07, 6.45) is 0. The number of carbonyl (C=O) groups is 2. The molecule has 0 amide bonds. The molecular formula is C31H13Cl2FO8. The highest BCUT2D eigenvalue weighted by Crippen LogP contribution is 2.52. The van der Waals surface area contributed by atoms with E-state index in [2.05, 4.69) is 0 Å². The number of hydrogen-bond acceptors (Lipinski definition) is 6. The lowest BCUT2D eigenvalue weighted by Gasteiger charge is -2.21. The van der Waals surface area contributed by atoms with Gasteiger partial charge in [0.1, 0.15) is 16.9 Å². The van der Waals surface area contributed by atoms with E-state index >= 15 is 4.39 Å². The maximum absolute atomic E-state index is 15.8. The summed E-state index contributed by atoms with van der Waals surface area (Å²) >= 11 is 13.0. The van der Waals surface area contributed by atoms with Crippen LogP contribution in [0, 0.1) is 5.82 Å². The Morgan fingerprint density at radius 1 is 0.762 bits per heavy atom. The quantitative estimate of drug-likeness (QED) is 0.136. The highest BCUT2D eigenvalue weighted by molar-refractivity contribution is 6.41. The number of fused-ring (bicyclic) bond motifs is 8. The number of carboxylic acid groups (broad SMARTS) is 2. The van der Waals surface area contributed by atoms with E-state index in [0.29, 0.717) is 11.0 Å². The van der Waals surface area contributed by atoms with E-state index in [-0.39, 0.29) is 60.2 Å². The summed E-state index contributed by atoms with van der Waals surface area (Å²) in [4.78, 5) is 37.7. The van der Waals surface area contributed by atoms with E-state index in [1.54, 1.807) is 30.3 Å². The molecule has 1 aliphatic heterocycles. The Labute approximate surface area is 242 Å². The van der Waals surface area contributed by atoms with Gasteiger partial charge in [-0.1, -0.05) is 65.7 Å². The van der Waals surface area contributed by atoms with Gasteiger partial charge in [0, 0.05) is 33.5 Å². The molecule has 3 N–H and O–H groups in total. The van der Waals surface area contributed by atoms with Crippen molar-refractivity contribution >= 4 is 78.8 Å². The highest BCUT2D eigenvalue weighted by atomic mass is 35.5. The first kappa shape index (κ1) is 25.8. The molecule has 7 rings (SSSR count). The second-order valence-electron chi connectivity index (χ2n) is 9.52. The molecule has 0 atom stereocenters. The van der Waals surface area contributed by atoms with E-state index in [0.717, 1.165) is 6.07 Å². The summed E-state index contributed by atoms with van der Waals surface area (Å²) in [5.41, 5.74) is -2.31. The van der Waals surface area contributed by atoms with Crippen molar-refractivity contribution in [1.29, 1.82) is 0 Å². The number of aromatic hydroxyl groups is 1. The van der Waals surface area contributed by atoms with Gasteiger partial charge in [-0.05, 0) is 17.5 Å². The zero-order chi connectivity index (χ0) is 29.6. The Kier molecular flexibility index (Phi) is 5.50. The molecule has 0 saturated carbocycles. The molecule has 0 saturated heterocycles. The third-order valence-electron chi connectivity index (χ3n) is 7.28. The Balaban J connectivity index is 1.88. The predicted octanol–water partition coefficient (Wildman–Crippen LogP) is 8.17. The number of aromatic carboxylic acids is 2. The first-order chi connectivity index (χ1) is 20.1. The molecule has 0 spiro atoms. The van der Waals surface area contributed by atoms with Crippen LogP contribution in [-0.4, -0.2) is 27.3 Å². The lowest BCUT2D eigenvalue weighted by molar-refractivity contribution is 0.0696. The van der Waals surface area contributed by atoms with Crippen molar-refractivity contribution in [1.82, 2.24) is 0 Å². The van der Waals surface area contributed by atoms with Crippen LogP contribution in [-0.2, 0) is 0 Å². The lowest BCUT2D eigenvalue weighted by Crippen LogP contribution is -2.12. The normalized spacial score (nSPS) is 11.8. The van der Waals surface area contributed by atoms with Crippen LogP contribution < -0.4 is 5.43 Å². The minimum Gasteiger partial charge on any atom is -0.507 e. The standard InChI is InChI=1S/C31H13Cl2FO8/c32-15-9-14(30(37)38)25(33)24(31(39)40)21(15)23-20-11-5-1-2-6-12(11)27(36)26(34)29(20)42-18-10-16(35)19-13-7-3-4-8-17(13)41-28(19)22(18)23/h1-10,35H,(H,37,38)(H,39,40). The molecule has 2 aliphatic rings. The first-order valence-corrected chi connectivity index (χ1v) is 13.0. The molecule has 42 heavy (non-hydrogen) atoms. The van der Waals surface area contributed by atoms with Gasteiger partial charge in [-0.25, -0.2) is 9.59 Å². The van der Waals surface area contributed by atoms with Crippen LogP contribution in [0.3, 0.4) is 0 Å². The first-order valence-electron chi connectivity index (χ1n) is 12.2. The number of phenolic OH excluding ortho intramolecular Hbond substituents is 1. The van der Waals surface area contributed by atoms with Gasteiger partial charge in [-0.2, -0.15) is 4.39 Å². The maximum Gasteiger partial charge on any atom is 0.337 e. The lowest BCUT2D eigenvalue weighted by atomic mass is 9.86. The minimum atomic E-state index is -1.62. The van der Waals surface area contributed by atoms with Gasteiger partial charge in [0.25, 0.3) is 0 Å². The van der Waals surface area contributed by atoms with Gasteiger partial charge in [0.15, 0.2) is 11.3 Å². The van der Waals surface area contributed by atoms with Crippen LogP contribution in [0.1, 0.15) is 20.7 Å². The number of benzene rings is 5. The smallest absolute Gasteiger partial charge is 0.337 e. The molecule has 0 fully saturated rings. The highest BCUT2D eigenvalue weighted by Gasteiger charge is 2.34. The van der Waals surface area contributed by atoms with Crippen LogP contribution >= 0.6 is 23.2 Å². The van der Waals surface area contributed by atoms with Gasteiger partial charge in [-0.15, -0.1) is 0 Å². The average molecular weight is 603 g/mol. The zero-order valence-electron chi connectivity index (χ0n) is 20.8. The Morgan fingerprint density at radius 3 is 2.12 bits per heavy atom. The van der Waals surface area contributed by atoms with Gasteiger partial charge >= 0.3 is 11.9 Å². The van der Waals surface area contributed by atoms with Crippen LogP contribution in [0.5, 0.6) is 5.75 Å². The van der Waals surface area contributed by atoms with Gasteiger partial charge in [0.2, 0.25) is 11.2 Å². The average Bonchev–Trinajstić information content (AvgIpc) is 3.36. The minimum absolute atomic E-state index is 0.0285. The van der Waals surface area contributed by atoms with Crippen molar-refractivity contribution in [2.75, 3.05) is 0 Å². The number of carboxylic acids is 2. The molecule has 11 heteroatoms. The van der Waals surface area contributed by atoms with Crippen LogP contribution in [0.25, 0.3) is 66.1 Å². The van der Waals surface area contributed by atoms with Gasteiger partial charge in [0.05, 0.1) is 31.9 Å². The number of halogens is 3. The van der Waals surface area contributed by atoms with Crippen LogP contribution in [0.4, 0.5) is 4.39 Å². The molecule has 5 aromatic rings. The monoisotopic (exact) mass is 602 g/mol. The second kappa shape index (κ2) is 8.94. The summed E-state index contributed by atoms with van der Waals surface area (Å²) in [5.74, 6) is -5.24. The van der Waals surface area contributed by atoms with E-state index in [9.17, 15) is 29.7 Å². The number of rotatable bonds is 3. The van der Waals surface area contributed by atoms with Gasteiger partial charge < -0.3 is 24.2 Å². The molecule has 0 bridgehead atoms. The zero-order valence-corrected chi connectivity index (χ0v) is 22.3. The summed E-state index contributed by atoms with van der Waals surface area (Å²) < 4.78 is 27.9. The molecular weight excluding hydrogens is 590 g/mol. The maximum atomic E-state index is 15.8. The SMILES string of the molecule is O=C(O)c1cc(Cl)c(-c2c3c4ccccc4c(=O)c(F)c-3oc3cc(O)c4c5ccccc5oc4c23)c(C(=O)O)c1Cl. The summed E-state index contributed by atoms with van der Waals surface area (Å²) in [7, 11) is 0. The Morgan fingerprint density at radius 2 is 1.43 bits per heavy atom. The second-order valence-corrected chi connectivity index (χ2v) is 10.3. The molecule has 0 radical (unpaired) electrons. The fourth-order valence-corrected chi connectivity index (χ4v) is 6.19. The molecule has 2 heterocycles. The van der Waals surface area contributed by atoms with Crippen molar-refractivity contribution in [3.05, 3.63) is 97.9 Å². The molecule has 0 unspecified atom stereocenters. The fourth-order valence-electron chi connectivity index (χ4n) is 5.58. The molecule has 8 nitrogen and oxygen atoms in total. The Bertz CT molecular complexity index is 2390. The van der Waals surface area contributed by atoms with E-state index in [1.165, 1.54) is 24.3 Å². The third kappa shape index (κ3) is 3.38. The van der Waals surface area contributed by atoms with Crippen molar-refractivity contribution in [3.63, 3.8) is 0 Å². The van der Waals surface area contributed by atoms with E-state index < -0.39 is 45.1 Å². The predicted molar refractivity (Wildman–Crippen MR) is 155 cm³/mol. The van der Waals surface area contributed by atoms with Crippen molar-refractivity contribution in [3.8, 4) is 28.2 Å². The number of para-hydroxylation sites is 1. The number of furan rings is 1. The number of phenols is 1. The van der Waals surface area contributed by atoms with Gasteiger partial charge in [-0.3, -0.25) is 4.79 Å². The summed E-state index contributed by atoms with van der Waals surface area (Å²) in [6.45, 7) is 0. The van der Waals surface area contributed by atoms with Crippen molar-refractivity contribution < 1.29 is 38.1 Å². The fraction of sp³-hybridized carbons (Fsp3) is 0. The Hall–Kier alpha value is -5.12. The van der Waals surface area contributed by atoms with Crippen LogP contribution in [0.2, 0.25) is 10.0 Å². The molecule has 1 aromatic heterocycles. The molecule has 206 valence electrons. The van der Waals surface area contributed by atoms with E-state index in [4.69, 9.17) is 32.0 Å². The van der Waals surface area contributed by atoms with Crippen LogP contribution in [0.15, 0.2) is 74.3 Å². The van der Waals surface area contributed by atoms with Crippen molar-refractivity contribution in [2.45, 2.75) is 0 Å². The third-order valence-corrected chi connectivity index (χ3v) is 7.97. The summed E-state index contributed by atoms with van der Waals surface area (Å²) in [5, 5.41) is 31.1. The molecule has 4 aromatic carbocycles. The van der Waals surface area contributed by atoms with E-state index in [1.807, 2.05) is 0 Å². The summed E-state index contributed by atoms with van der Waals surface area (Å²) in [6, 6.07) is 15.1. The topological polar surface area (TPSA) is 138 Å².